The molecule has 2 aromatic rings. The highest BCUT2D eigenvalue weighted by Crippen LogP contribution is 2.25. The number of carbonyl (C=O) groups is 2. The number of aromatic nitrogens is 2. The first kappa shape index (κ1) is 21.7. The maximum atomic E-state index is 12.6. The van der Waals surface area contributed by atoms with Crippen LogP contribution in [0.4, 0.5) is 0 Å². The quantitative estimate of drug-likeness (QED) is 0.624. The molecule has 0 atom stereocenters. The first-order valence-electron chi connectivity index (χ1n) is 9.77. The van der Waals surface area contributed by atoms with Crippen molar-refractivity contribution in [1.82, 2.24) is 14.7 Å². The highest BCUT2D eigenvalue weighted by molar-refractivity contribution is 6.33. The number of nitrogens with zero attached hydrogens (tertiary/aromatic N) is 3. The smallest absolute Gasteiger partial charge is 0.343 e. The van der Waals surface area contributed by atoms with Gasteiger partial charge in [0.1, 0.15) is 10.7 Å². The number of hydrogen-bond acceptors (Lipinski definition) is 4. The third-order valence-corrected chi connectivity index (χ3v) is 6.14. The van der Waals surface area contributed by atoms with Gasteiger partial charge in [-0.1, -0.05) is 60.7 Å². The van der Waals surface area contributed by atoms with Gasteiger partial charge in [-0.15, -0.1) is 0 Å². The van der Waals surface area contributed by atoms with Crippen molar-refractivity contribution in [3.63, 3.8) is 0 Å². The van der Waals surface area contributed by atoms with Crippen molar-refractivity contribution in [2.24, 2.45) is 0 Å². The van der Waals surface area contributed by atoms with E-state index in [1.807, 2.05) is 18.2 Å². The van der Waals surface area contributed by atoms with Crippen LogP contribution in [0.15, 0.2) is 24.3 Å². The second-order valence-corrected chi connectivity index (χ2v) is 8.14. The summed E-state index contributed by atoms with van der Waals surface area (Å²) in [5, 5.41) is 5.09. The lowest BCUT2D eigenvalue weighted by Gasteiger charge is -2.31. The maximum Gasteiger partial charge on any atom is 0.343 e. The minimum atomic E-state index is -0.650. The molecule has 29 heavy (non-hydrogen) atoms. The molecule has 0 N–H and O–H groups in total. The Morgan fingerprint density at radius 3 is 2.59 bits per heavy atom. The minimum absolute atomic E-state index is 0.167. The van der Waals surface area contributed by atoms with Gasteiger partial charge in [0.15, 0.2) is 6.61 Å². The Hall–Kier alpha value is -2.05. The molecule has 0 aliphatic heterocycles. The van der Waals surface area contributed by atoms with Crippen LogP contribution >= 0.6 is 23.2 Å². The molecule has 8 heteroatoms. The summed E-state index contributed by atoms with van der Waals surface area (Å²) in [5.74, 6) is -0.856. The van der Waals surface area contributed by atoms with Crippen molar-refractivity contribution in [2.45, 2.75) is 51.6 Å². The second kappa shape index (κ2) is 9.63. The third kappa shape index (κ3) is 5.11. The number of benzene rings is 1. The number of hydrogen-bond donors (Lipinski definition) is 0. The van der Waals surface area contributed by atoms with Crippen molar-refractivity contribution in [3.8, 4) is 0 Å². The molecule has 0 bridgehead atoms. The lowest BCUT2D eigenvalue weighted by molar-refractivity contribution is -0.135. The van der Waals surface area contributed by atoms with E-state index in [4.69, 9.17) is 27.9 Å². The van der Waals surface area contributed by atoms with Crippen molar-refractivity contribution >= 4 is 35.1 Å². The van der Waals surface area contributed by atoms with E-state index in [2.05, 4.69) is 5.10 Å². The number of ether oxygens (including phenoxy) is 1. The van der Waals surface area contributed by atoms with Gasteiger partial charge in [-0.3, -0.25) is 4.79 Å². The van der Waals surface area contributed by atoms with E-state index in [1.54, 1.807) is 24.9 Å². The van der Waals surface area contributed by atoms with Gasteiger partial charge in [-0.25, -0.2) is 9.48 Å². The van der Waals surface area contributed by atoms with Crippen LogP contribution in [0.5, 0.6) is 0 Å². The largest absolute Gasteiger partial charge is 0.452 e. The molecule has 0 radical (unpaired) electrons. The summed E-state index contributed by atoms with van der Waals surface area (Å²) in [6, 6.07) is 7.58. The summed E-state index contributed by atoms with van der Waals surface area (Å²) in [7, 11) is 1.77. The van der Waals surface area contributed by atoms with Gasteiger partial charge in [0, 0.05) is 18.1 Å². The molecule has 6 nitrogen and oxygen atoms in total. The zero-order valence-electron chi connectivity index (χ0n) is 16.7. The number of carbonyl (C=O) groups excluding carboxylic acids is 2. The molecule has 0 saturated heterocycles. The van der Waals surface area contributed by atoms with E-state index >= 15 is 0 Å². The van der Waals surface area contributed by atoms with Crippen molar-refractivity contribution in [3.05, 3.63) is 51.3 Å². The van der Waals surface area contributed by atoms with Gasteiger partial charge in [0.05, 0.1) is 12.2 Å². The lowest BCUT2D eigenvalue weighted by Crippen LogP contribution is -2.40. The van der Waals surface area contributed by atoms with E-state index in [0.29, 0.717) is 17.3 Å². The Bertz CT molecular complexity index is 891. The van der Waals surface area contributed by atoms with Crippen molar-refractivity contribution < 1.29 is 14.3 Å². The Balaban J connectivity index is 1.64. The van der Waals surface area contributed by atoms with Crippen molar-refractivity contribution in [1.29, 1.82) is 0 Å². The standard InChI is InChI=1S/C21H25Cl2N3O3/c1-14-19(20(23)26(24-14)12-15-8-6-7-11-17(15)22)21(28)29-13-18(27)25(2)16-9-4-3-5-10-16/h6-8,11,16H,3-5,9-10,12-13H2,1-2H3. The zero-order valence-corrected chi connectivity index (χ0v) is 18.2. The lowest BCUT2D eigenvalue weighted by atomic mass is 9.94. The zero-order chi connectivity index (χ0) is 21.0. The normalized spacial score (nSPS) is 14.6. The summed E-state index contributed by atoms with van der Waals surface area (Å²) >= 11 is 12.6. The molecular weight excluding hydrogens is 413 g/mol. The summed E-state index contributed by atoms with van der Waals surface area (Å²) in [6.45, 7) is 1.70. The molecule has 1 aliphatic rings. The average Bonchev–Trinajstić information content (AvgIpc) is 3.00. The Morgan fingerprint density at radius 2 is 1.90 bits per heavy atom. The molecule has 1 aliphatic carbocycles. The van der Waals surface area contributed by atoms with Crippen LogP contribution in [-0.2, 0) is 16.1 Å². The molecule has 0 spiro atoms. The number of aryl methyl sites for hydroxylation is 1. The molecule has 1 fully saturated rings. The van der Waals surface area contributed by atoms with E-state index in [1.165, 1.54) is 11.1 Å². The topological polar surface area (TPSA) is 64.4 Å². The molecule has 3 rings (SSSR count). The van der Waals surface area contributed by atoms with Crippen LogP contribution in [-0.4, -0.2) is 46.3 Å². The van der Waals surface area contributed by atoms with Gasteiger partial charge in [0.25, 0.3) is 5.91 Å². The number of likely N-dealkylation sites (N-methyl/N-ethyl adjacent to an activating group) is 1. The average molecular weight is 438 g/mol. The molecule has 1 saturated carbocycles. The van der Waals surface area contributed by atoms with Crippen LogP contribution in [0.1, 0.15) is 53.7 Å². The van der Waals surface area contributed by atoms with Gasteiger partial charge in [-0.2, -0.15) is 5.10 Å². The summed E-state index contributed by atoms with van der Waals surface area (Å²) in [6.07, 6.45) is 5.46. The van der Waals surface area contributed by atoms with E-state index in [9.17, 15) is 9.59 Å². The van der Waals surface area contributed by atoms with Gasteiger partial charge < -0.3 is 9.64 Å². The van der Waals surface area contributed by atoms with E-state index < -0.39 is 5.97 Å². The van der Waals surface area contributed by atoms with E-state index in [0.717, 1.165) is 31.2 Å². The Labute approximate surface area is 180 Å². The van der Waals surface area contributed by atoms with Crippen LogP contribution in [0.2, 0.25) is 10.2 Å². The van der Waals surface area contributed by atoms with Crippen LogP contribution in [0, 0.1) is 6.92 Å². The van der Waals surface area contributed by atoms with Crippen LogP contribution < -0.4 is 0 Å². The van der Waals surface area contributed by atoms with Crippen LogP contribution in [0.25, 0.3) is 0 Å². The third-order valence-electron chi connectivity index (χ3n) is 5.39. The maximum absolute atomic E-state index is 12.6. The first-order chi connectivity index (χ1) is 13.9. The first-order valence-corrected chi connectivity index (χ1v) is 10.5. The molecular formula is C21H25Cl2N3O3. The Kier molecular flexibility index (Phi) is 7.19. The fraction of sp³-hybridized carbons (Fsp3) is 0.476. The SMILES string of the molecule is Cc1nn(Cc2ccccc2Cl)c(Cl)c1C(=O)OCC(=O)N(C)C1CCCCC1. The fourth-order valence-electron chi connectivity index (χ4n) is 3.65. The molecule has 0 unspecified atom stereocenters. The van der Waals surface area contributed by atoms with Crippen LogP contribution in [0.3, 0.4) is 0 Å². The second-order valence-electron chi connectivity index (χ2n) is 7.37. The van der Waals surface area contributed by atoms with Crippen molar-refractivity contribution in [2.75, 3.05) is 13.7 Å². The Morgan fingerprint density at radius 1 is 1.21 bits per heavy atom. The molecule has 1 aromatic carbocycles. The fourth-order valence-corrected chi connectivity index (χ4v) is 4.16. The molecule has 1 aromatic heterocycles. The highest BCUT2D eigenvalue weighted by Gasteiger charge is 2.26. The number of esters is 1. The predicted octanol–water partition coefficient (Wildman–Crippen LogP) is 4.49. The van der Waals surface area contributed by atoms with Gasteiger partial charge in [0.2, 0.25) is 0 Å². The predicted molar refractivity (Wildman–Crippen MR) is 112 cm³/mol. The summed E-state index contributed by atoms with van der Waals surface area (Å²) < 4.78 is 6.76. The molecule has 156 valence electrons. The monoisotopic (exact) mass is 437 g/mol. The number of halogens is 2. The number of amides is 1. The van der Waals surface area contributed by atoms with E-state index in [-0.39, 0.29) is 29.3 Å². The molecule has 1 heterocycles. The minimum Gasteiger partial charge on any atom is -0.452 e. The summed E-state index contributed by atoms with van der Waals surface area (Å²) in [5.41, 5.74) is 1.45. The molecule has 1 amide bonds. The van der Waals surface area contributed by atoms with Gasteiger partial charge >= 0.3 is 5.97 Å². The number of rotatable bonds is 6. The highest BCUT2D eigenvalue weighted by atomic mass is 35.5. The van der Waals surface area contributed by atoms with Gasteiger partial charge in [-0.05, 0) is 31.4 Å². The summed E-state index contributed by atoms with van der Waals surface area (Å²) in [4.78, 5) is 26.7.